The molecule has 1 aliphatic heterocycles. The molecule has 29 heavy (non-hydrogen) atoms. The van der Waals surface area contributed by atoms with Gasteiger partial charge < -0.3 is 18.8 Å². The number of imidazole rings is 1. The van der Waals surface area contributed by atoms with E-state index in [1.807, 2.05) is 43.3 Å². The number of hydrogen-bond donors (Lipinski definition) is 0. The molecule has 6 heteroatoms. The predicted molar refractivity (Wildman–Crippen MR) is 107 cm³/mol. The summed E-state index contributed by atoms with van der Waals surface area (Å²) in [6.45, 7) is 2.61. The van der Waals surface area contributed by atoms with Gasteiger partial charge in [0, 0.05) is 31.5 Å². The number of benzene rings is 2. The Hall–Kier alpha value is -2.54. The van der Waals surface area contributed by atoms with Gasteiger partial charge in [-0.05, 0) is 31.0 Å². The van der Waals surface area contributed by atoms with Crippen molar-refractivity contribution in [2.45, 2.75) is 38.3 Å². The summed E-state index contributed by atoms with van der Waals surface area (Å²) in [5.41, 5.74) is 2.14. The van der Waals surface area contributed by atoms with Crippen molar-refractivity contribution in [2.24, 2.45) is 0 Å². The van der Waals surface area contributed by atoms with Crippen LogP contribution in [0.1, 0.15) is 29.8 Å². The fourth-order valence-corrected chi connectivity index (χ4v) is 3.76. The molecule has 152 valence electrons. The first-order valence-corrected chi connectivity index (χ1v) is 9.76. The first kappa shape index (κ1) is 19.8. The Kier molecular flexibility index (Phi) is 5.76. The van der Waals surface area contributed by atoms with Gasteiger partial charge in [0.05, 0.1) is 25.0 Å². The minimum atomic E-state index is -0.906. The van der Waals surface area contributed by atoms with Gasteiger partial charge in [-0.15, -0.1) is 0 Å². The molecule has 0 saturated carbocycles. The zero-order valence-electron chi connectivity index (χ0n) is 16.7. The van der Waals surface area contributed by atoms with E-state index in [-0.39, 0.29) is 18.5 Å². The Morgan fingerprint density at radius 3 is 2.76 bits per heavy atom. The molecule has 5 nitrogen and oxygen atoms in total. The van der Waals surface area contributed by atoms with Crippen molar-refractivity contribution in [3.05, 3.63) is 83.7 Å². The van der Waals surface area contributed by atoms with E-state index in [4.69, 9.17) is 14.2 Å². The van der Waals surface area contributed by atoms with Crippen LogP contribution in [0.15, 0.2) is 60.9 Å². The zero-order valence-corrected chi connectivity index (χ0v) is 16.7. The van der Waals surface area contributed by atoms with Crippen LogP contribution in [0.4, 0.5) is 4.39 Å². The quantitative estimate of drug-likeness (QED) is 0.615. The molecular weight excluding hydrogens is 371 g/mol. The number of nitrogens with zero attached hydrogens (tertiary/aromatic N) is 2. The van der Waals surface area contributed by atoms with Crippen LogP contribution in [0.2, 0.25) is 0 Å². The molecule has 2 heterocycles. The number of methoxy groups -OCH3 is 1. The molecule has 0 bridgehead atoms. The molecule has 1 aliphatic rings. The predicted octanol–water partition coefficient (Wildman–Crippen LogP) is 4.51. The van der Waals surface area contributed by atoms with Crippen LogP contribution in [-0.4, -0.2) is 29.4 Å². The van der Waals surface area contributed by atoms with Gasteiger partial charge in [-0.25, -0.2) is 9.37 Å². The molecule has 3 aromatic rings. The second-order valence-corrected chi connectivity index (χ2v) is 7.24. The summed E-state index contributed by atoms with van der Waals surface area (Å²) >= 11 is 0. The van der Waals surface area contributed by atoms with Gasteiger partial charge in [-0.1, -0.05) is 36.4 Å². The SMILES string of the molecule is COC1CCOC(OCc2ccc(-n3ccnc3C)c(F)c2)(c2ccccc2)C1. The lowest BCUT2D eigenvalue weighted by molar-refractivity contribution is -0.288. The fourth-order valence-electron chi connectivity index (χ4n) is 3.76. The Morgan fingerprint density at radius 2 is 2.07 bits per heavy atom. The van der Waals surface area contributed by atoms with Crippen molar-refractivity contribution < 1.29 is 18.6 Å². The summed E-state index contributed by atoms with van der Waals surface area (Å²) in [5.74, 6) is -0.492. The summed E-state index contributed by atoms with van der Waals surface area (Å²) < 4.78 is 34.5. The van der Waals surface area contributed by atoms with Gasteiger partial charge in [0.15, 0.2) is 5.79 Å². The molecule has 0 radical (unpaired) electrons. The topological polar surface area (TPSA) is 45.5 Å². The van der Waals surface area contributed by atoms with E-state index in [0.29, 0.717) is 18.7 Å². The minimum Gasteiger partial charge on any atom is -0.381 e. The summed E-state index contributed by atoms with van der Waals surface area (Å²) in [5, 5.41) is 0. The molecule has 0 aliphatic carbocycles. The van der Waals surface area contributed by atoms with Crippen molar-refractivity contribution in [1.29, 1.82) is 0 Å². The lowest BCUT2D eigenvalue weighted by Gasteiger charge is -2.40. The highest BCUT2D eigenvalue weighted by atomic mass is 19.1. The van der Waals surface area contributed by atoms with Crippen LogP contribution in [-0.2, 0) is 26.6 Å². The highest BCUT2D eigenvalue weighted by Crippen LogP contribution is 2.38. The molecule has 2 atom stereocenters. The highest BCUT2D eigenvalue weighted by Gasteiger charge is 2.40. The zero-order chi connectivity index (χ0) is 20.3. The van der Waals surface area contributed by atoms with Crippen LogP contribution in [0.5, 0.6) is 0 Å². The van der Waals surface area contributed by atoms with Crippen LogP contribution >= 0.6 is 0 Å². The van der Waals surface area contributed by atoms with Crippen molar-refractivity contribution in [2.75, 3.05) is 13.7 Å². The molecule has 0 spiro atoms. The smallest absolute Gasteiger partial charge is 0.197 e. The Balaban J connectivity index is 1.56. The third kappa shape index (κ3) is 4.10. The second-order valence-electron chi connectivity index (χ2n) is 7.24. The van der Waals surface area contributed by atoms with E-state index >= 15 is 0 Å². The molecule has 2 unspecified atom stereocenters. The molecule has 4 rings (SSSR count). The molecule has 1 saturated heterocycles. The summed E-state index contributed by atoms with van der Waals surface area (Å²) in [7, 11) is 1.71. The fraction of sp³-hybridized carbons (Fsp3) is 0.348. The van der Waals surface area contributed by atoms with Gasteiger partial charge >= 0.3 is 0 Å². The summed E-state index contributed by atoms with van der Waals surface area (Å²) in [6.07, 6.45) is 4.86. The third-order valence-corrected chi connectivity index (χ3v) is 5.39. The number of aryl methyl sites for hydroxylation is 1. The van der Waals surface area contributed by atoms with Crippen LogP contribution < -0.4 is 0 Å². The van der Waals surface area contributed by atoms with E-state index in [2.05, 4.69) is 4.98 Å². The molecule has 0 N–H and O–H groups in total. The number of aromatic nitrogens is 2. The summed E-state index contributed by atoms with van der Waals surface area (Å²) in [4.78, 5) is 4.16. The minimum absolute atomic E-state index is 0.0484. The average molecular weight is 396 g/mol. The molecule has 2 aromatic carbocycles. The van der Waals surface area contributed by atoms with E-state index in [1.165, 1.54) is 6.07 Å². The number of ether oxygens (including phenoxy) is 3. The normalized spacial score (nSPS) is 22.0. The van der Waals surface area contributed by atoms with Crippen LogP contribution in [0, 0.1) is 12.7 Å². The average Bonchev–Trinajstić information content (AvgIpc) is 3.18. The van der Waals surface area contributed by atoms with E-state index in [9.17, 15) is 4.39 Å². The molecule has 1 fully saturated rings. The Bertz CT molecular complexity index is 960. The van der Waals surface area contributed by atoms with Gasteiger partial charge in [0.25, 0.3) is 0 Å². The van der Waals surface area contributed by atoms with Crippen LogP contribution in [0.3, 0.4) is 0 Å². The molecule has 0 amide bonds. The number of halogens is 1. The van der Waals surface area contributed by atoms with E-state index in [0.717, 1.165) is 23.4 Å². The van der Waals surface area contributed by atoms with E-state index < -0.39 is 5.79 Å². The van der Waals surface area contributed by atoms with Gasteiger partial charge in [-0.3, -0.25) is 0 Å². The maximum Gasteiger partial charge on any atom is 0.197 e. The monoisotopic (exact) mass is 396 g/mol. The first-order chi connectivity index (χ1) is 14.1. The maximum absolute atomic E-state index is 14.7. The molecule has 1 aromatic heterocycles. The highest BCUT2D eigenvalue weighted by molar-refractivity contribution is 5.37. The largest absolute Gasteiger partial charge is 0.381 e. The Labute approximate surface area is 170 Å². The first-order valence-electron chi connectivity index (χ1n) is 9.76. The molecular formula is C23H25FN2O3. The number of rotatable bonds is 6. The third-order valence-electron chi connectivity index (χ3n) is 5.39. The van der Waals surface area contributed by atoms with Gasteiger partial charge in [0.1, 0.15) is 11.6 Å². The van der Waals surface area contributed by atoms with E-state index in [1.54, 1.807) is 30.1 Å². The second kappa shape index (κ2) is 8.45. The standard InChI is InChI=1S/C23H25FN2O3/c1-17-25-11-12-26(17)22-9-8-18(14-21(22)24)16-29-23(19-6-4-3-5-7-19)15-20(27-2)10-13-28-23/h3-9,11-12,14,20H,10,13,15-16H2,1-2H3. The lowest BCUT2D eigenvalue weighted by atomic mass is 9.95. The van der Waals surface area contributed by atoms with Crippen molar-refractivity contribution in [3.8, 4) is 5.69 Å². The Morgan fingerprint density at radius 1 is 1.24 bits per heavy atom. The maximum atomic E-state index is 14.7. The lowest BCUT2D eigenvalue weighted by Crippen LogP contribution is -2.42. The van der Waals surface area contributed by atoms with Crippen molar-refractivity contribution in [3.63, 3.8) is 0 Å². The van der Waals surface area contributed by atoms with Gasteiger partial charge in [0.2, 0.25) is 0 Å². The van der Waals surface area contributed by atoms with Crippen molar-refractivity contribution in [1.82, 2.24) is 9.55 Å². The van der Waals surface area contributed by atoms with Gasteiger partial charge in [-0.2, -0.15) is 0 Å². The van der Waals surface area contributed by atoms with Crippen LogP contribution in [0.25, 0.3) is 5.69 Å². The number of hydrogen-bond acceptors (Lipinski definition) is 4. The summed E-state index contributed by atoms with van der Waals surface area (Å²) in [6, 6.07) is 15.0. The van der Waals surface area contributed by atoms with Crippen molar-refractivity contribution >= 4 is 0 Å².